The van der Waals surface area contributed by atoms with Crippen LogP contribution in [-0.2, 0) is 47.7 Å². The monoisotopic (exact) mass is 562 g/mol. The first-order valence-electron chi connectivity index (χ1n) is 13.5. The topological polar surface area (TPSA) is 175 Å². The van der Waals surface area contributed by atoms with Gasteiger partial charge in [-0.3, -0.25) is 14.4 Å². The van der Waals surface area contributed by atoms with Crippen molar-refractivity contribution in [2.75, 3.05) is 0 Å². The third-order valence-corrected chi connectivity index (χ3v) is 10.9. The van der Waals surface area contributed by atoms with Gasteiger partial charge < -0.3 is 33.9 Å². The number of epoxide rings is 1. The highest BCUT2D eigenvalue weighted by atomic mass is 16.7. The number of Topliss-reactive ketones (excluding diaryl/α,β-unsaturated/α-hetero) is 1. The third kappa shape index (κ3) is 3.04. The Kier molecular flexibility index (Phi) is 5.41. The summed E-state index contributed by atoms with van der Waals surface area (Å²) in [6.45, 7) is 9.78. The molecule has 218 valence electrons. The zero-order chi connectivity index (χ0) is 29.4. The summed E-state index contributed by atoms with van der Waals surface area (Å²) in [4.78, 5) is 65.5. The number of hydrogen-bond donors (Lipinski definition) is 2. The molecule has 2 saturated carbocycles. The highest BCUT2D eigenvalue weighted by Gasteiger charge is 2.90. The van der Waals surface area contributed by atoms with Crippen LogP contribution in [0.15, 0.2) is 11.6 Å². The van der Waals surface area contributed by atoms with Crippen LogP contribution in [0, 0.1) is 28.1 Å². The molecule has 0 amide bonds. The van der Waals surface area contributed by atoms with E-state index >= 15 is 0 Å². The van der Waals surface area contributed by atoms with Gasteiger partial charge in [0.2, 0.25) is 6.29 Å². The number of carbonyl (C=O) groups is 5. The summed E-state index contributed by atoms with van der Waals surface area (Å²) in [6, 6.07) is 0. The number of cyclic esters (lactones) is 3. The lowest BCUT2D eigenvalue weighted by Gasteiger charge is -2.67. The largest absolute Gasteiger partial charge is 0.461 e. The van der Waals surface area contributed by atoms with Crippen LogP contribution in [0.3, 0.4) is 0 Å². The summed E-state index contributed by atoms with van der Waals surface area (Å²) in [5.41, 5.74) is -6.72. The maximum atomic E-state index is 14.4. The van der Waals surface area contributed by atoms with Crippen LogP contribution < -0.4 is 0 Å². The predicted molar refractivity (Wildman–Crippen MR) is 130 cm³/mol. The Hall–Kier alpha value is -2.83. The molecule has 6 aliphatic rings. The zero-order valence-corrected chi connectivity index (χ0v) is 23.2. The lowest BCUT2D eigenvalue weighted by molar-refractivity contribution is -0.255. The second-order valence-electron chi connectivity index (χ2n) is 13.3. The van der Waals surface area contributed by atoms with Gasteiger partial charge in [0.25, 0.3) is 0 Å². The van der Waals surface area contributed by atoms with Crippen molar-refractivity contribution in [1.82, 2.24) is 0 Å². The fourth-order valence-corrected chi connectivity index (χ4v) is 9.57. The number of carbonyl (C=O) groups excluding carboxylic acids is 5. The molecule has 0 bridgehead atoms. The Balaban J connectivity index is 1.56. The highest BCUT2D eigenvalue weighted by molar-refractivity contribution is 5.96. The van der Waals surface area contributed by atoms with Crippen molar-refractivity contribution in [2.24, 2.45) is 28.1 Å². The number of esters is 4. The molecule has 0 aromatic heterocycles. The van der Waals surface area contributed by atoms with Gasteiger partial charge in [0, 0.05) is 36.0 Å². The van der Waals surface area contributed by atoms with E-state index in [1.165, 1.54) is 6.92 Å². The summed E-state index contributed by atoms with van der Waals surface area (Å²) in [5, 5.41) is 22.0. The Bertz CT molecular complexity index is 1290. The molecule has 0 radical (unpaired) electrons. The minimum atomic E-state index is -1.53. The van der Waals surface area contributed by atoms with E-state index < -0.39 is 93.9 Å². The maximum absolute atomic E-state index is 14.4. The lowest BCUT2D eigenvalue weighted by Crippen LogP contribution is -2.77. The first-order chi connectivity index (χ1) is 18.4. The number of rotatable bonds is 2. The Labute approximate surface area is 230 Å². The van der Waals surface area contributed by atoms with Gasteiger partial charge in [-0.15, -0.1) is 0 Å². The van der Waals surface area contributed by atoms with Crippen molar-refractivity contribution in [3.63, 3.8) is 0 Å². The fraction of sp³-hybridized carbons (Fsp3) is 0.750. The number of hydrogen-bond acceptors (Lipinski definition) is 12. The van der Waals surface area contributed by atoms with Crippen LogP contribution in [0.5, 0.6) is 0 Å². The molecule has 5 fully saturated rings. The minimum absolute atomic E-state index is 0.0694. The fourth-order valence-electron chi connectivity index (χ4n) is 9.57. The average molecular weight is 563 g/mol. The molecular weight excluding hydrogens is 528 g/mol. The van der Waals surface area contributed by atoms with E-state index in [9.17, 15) is 34.2 Å². The SMILES string of the molecule is CC(=O)O[C@H]1CC(=O)OC(C)(C)[C@@H]2CC(=O)[C@]3(C)[C@H]([C@@H](O)C[C@@]4(C)[C@H](C5=CC(O)OC5=O)OC(=O)[C@H]5O[C@]543)[C@@]12C. The van der Waals surface area contributed by atoms with Crippen molar-refractivity contribution in [1.29, 1.82) is 0 Å². The molecule has 4 aliphatic heterocycles. The van der Waals surface area contributed by atoms with Gasteiger partial charge in [-0.2, -0.15) is 0 Å². The van der Waals surface area contributed by atoms with E-state index in [4.69, 9.17) is 23.7 Å². The number of aliphatic hydroxyl groups is 2. The molecule has 40 heavy (non-hydrogen) atoms. The first kappa shape index (κ1) is 27.3. The van der Waals surface area contributed by atoms with E-state index in [0.29, 0.717) is 0 Å². The van der Waals surface area contributed by atoms with Crippen LogP contribution in [0.2, 0.25) is 0 Å². The number of ether oxygens (including phenoxy) is 5. The minimum Gasteiger partial charge on any atom is -0.461 e. The summed E-state index contributed by atoms with van der Waals surface area (Å²) >= 11 is 0. The molecule has 12 heteroatoms. The molecule has 11 atom stereocenters. The van der Waals surface area contributed by atoms with Crippen molar-refractivity contribution in [3.8, 4) is 0 Å². The molecule has 1 spiro atoms. The van der Waals surface area contributed by atoms with Gasteiger partial charge in [-0.25, -0.2) is 9.59 Å². The lowest BCUT2D eigenvalue weighted by atomic mass is 9.36. The number of fused-ring (bicyclic) bond motifs is 3. The van der Waals surface area contributed by atoms with Gasteiger partial charge in [-0.05, 0) is 33.3 Å². The van der Waals surface area contributed by atoms with Crippen molar-refractivity contribution >= 4 is 29.7 Å². The smallest absolute Gasteiger partial charge is 0.340 e. The summed E-state index contributed by atoms with van der Waals surface area (Å²) in [6.07, 6.45) is -5.53. The van der Waals surface area contributed by atoms with Crippen LogP contribution in [-0.4, -0.2) is 81.8 Å². The van der Waals surface area contributed by atoms with Crippen molar-refractivity contribution in [2.45, 2.75) is 103 Å². The Morgan fingerprint density at radius 2 is 1.68 bits per heavy atom. The predicted octanol–water partition coefficient (Wildman–Crippen LogP) is 0.497. The molecule has 2 N–H and O–H groups in total. The van der Waals surface area contributed by atoms with Gasteiger partial charge >= 0.3 is 23.9 Å². The molecule has 4 heterocycles. The molecule has 1 unspecified atom stereocenters. The van der Waals surface area contributed by atoms with Crippen LogP contribution in [0.25, 0.3) is 0 Å². The Morgan fingerprint density at radius 3 is 2.27 bits per heavy atom. The maximum Gasteiger partial charge on any atom is 0.340 e. The van der Waals surface area contributed by atoms with Crippen LogP contribution in [0.1, 0.15) is 60.8 Å². The second-order valence-corrected chi connectivity index (χ2v) is 13.3. The van der Waals surface area contributed by atoms with E-state index in [-0.39, 0.29) is 30.6 Å². The molecule has 3 saturated heterocycles. The van der Waals surface area contributed by atoms with E-state index in [1.807, 2.05) is 0 Å². The number of aliphatic hydroxyl groups excluding tert-OH is 2. The molecule has 0 aromatic carbocycles. The van der Waals surface area contributed by atoms with E-state index in [2.05, 4.69) is 0 Å². The summed E-state index contributed by atoms with van der Waals surface area (Å²) < 4.78 is 28.3. The third-order valence-electron chi connectivity index (χ3n) is 10.9. The van der Waals surface area contributed by atoms with Gasteiger partial charge in [0.15, 0.2) is 6.10 Å². The molecule has 12 nitrogen and oxygen atoms in total. The van der Waals surface area contributed by atoms with Crippen LogP contribution in [0.4, 0.5) is 0 Å². The van der Waals surface area contributed by atoms with Gasteiger partial charge in [-0.1, -0.05) is 13.8 Å². The zero-order valence-electron chi connectivity index (χ0n) is 23.2. The quantitative estimate of drug-likeness (QED) is 0.271. The van der Waals surface area contributed by atoms with E-state index in [1.54, 1.807) is 34.6 Å². The molecule has 2 aliphatic carbocycles. The van der Waals surface area contributed by atoms with Crippen molar-refractivity contribution in [3.05, 3.63) is 11.6 Å². The highest BCUT2D eigenvalue weighted by Crippen LogP contribution is 2.77. The standard InChI is InChI=1S/C28H34O12/c1-11(29)36-16-9-18(33)39-24(2,3)14-8-15(31)27(6)19(26(14,16)5)13(30)10-25(4)20(12-7-17(32)37-22(12)34)38-23(35)21-28(25,27)40-21/h7,13-14,16-17,19-21,30,32H,8-10H2,1-6H3/t13-,14-,16-,17?,19+,20-,21+,25-,26+,27+,28+/m0/s1. The first-order valence-corrected chi connectivity index (χ1v) is 13.5. The summed E-state index contributed by atoms with van der Waals surface area (Å²) in [5.74, 6) is -4.77. The van der Waals surface area contributed by atoms with E-state index in [0.717, 1.165) is 6.08 Å². The molecule has 6 rings (SSSR count). The summed E-state index contributed by atoms with van der Waals surface area (Å²) in [7, 11) is 0. The van der Waals surface area contributed by atoms with Crippen LogP contribution >= 0.6 is 0 Å². The average Bonchev–Trinajstić information content (AvgIpc) is 3.52. The van der Waals surface area contributed by atoms with Gasteiger partial charge in [0.05, 0.1) is 23.5 Å². The molecular formula is C28H34O12. The second kappa shape index (κ2) is 7.92. The van der Waals surface area contributed by atoms with Gasteiger partial charge in [0.1, 0.15) is 29.2 Å². The number of ketones is 1. The van der Waals surface area contributed by atoms with Crippen molar-refractivity contribution < 1.29 is 57.9 Å². The normalized spacial score (nSPS) is 50.5. The Morgan fingerprint density at radius 1 is 1.00 bits per heavy atom. The molecule has 0 aromatic rings.